The number of ether oxygens (including phenoxy) is 1. The molecule has 5 rings (SSSR count). The Bertz CT molecular complexity index is 1480. The number of piperazine rings is 1. The second kappa shape index (κ2) is 9.58. The quantitative estimate of drug-likeness (QED) is 0.441. The SMILES string of the molecule is CCc1nc(C)c2c(=O)n(CCCN3CCN(c4ccccc4OC)CC3)c3ccc(=O)[nH]c3n12. The van der Waals surface area contributed by atoms with Gasteiger partial charge in [-0.3, -0.25) is 18.9 Å². The molecule has 0 unspecified atom stereocenters. The number of nitrogens with zero attached hydrogens (tertiary/aromatic N) is 5. The van der Waals surface area contributed by atoms with Crippen LogP contribution in [0.4, 0.5) is 5.69 Å². The lowest BCUT2D eigenvalue weighted by atomic mass is 10.2. The Morgan fingerprint density at radius 2 is 1.80 bits per heavy atom. The number of aromatic amines is 1. The molecule has 1 saturated heterocycles. The Labute approximate surface area is 203 Å². The topological polar surface area (TPSA) is 87.9 Å². The third-order valence-corrected chi connectivity index (χ3v) is 6.93. The van der Waals surface area contributed by atoms with Crippen LogP contribution < -0.4 is 20.8 Å². The van der Waals surface area contributed by atoms with Crippen LogP contribution >= 0.6 is 0 Å². The number of para-hydroxylation sites is 2. The molecule has 0 atom stereocenters. The lowest BCUT2D eigenvalue weighted by Gasteiger charge is -2.36. The lowest BCUT2D eigenvalue weighted by molar-refractivity contribution is 0.250. The van der Waals surface area contributed by atoms with Crippen molar-refractivity contribution in [2.75, 3.05) is 44.7 Å². The lowest BCUT2D eigenvalue weighted by Crippen LogP contribution is -2.47. The van der Waals surface area contributed by atoms with Crippen LogP contribution in [-0.4, -0.2) is 63.7 Å². The van der Waals surface area contributed by atoms with Gasteiger partial charge in [0.15, 0.2) is 0 Å². The Kier molecular flexibility index (Phi) is 6.34. The van der Waals surface area contributed by atoms with E-state index in [1.165, 1.54) is 6.07 Å². The number of rotatable bonds is 7. The highest BCUT2D eigenvalue weighted by atomic mass is 16.5. The molecule has 0 amide bonds. The maximum Gasteiger partial charge on any atom is 0.277 e. The van der Waals surface area contributed by atoms with Crippen LogP contribution in [0.25, 0.3) is 16.7 Å². The molecule has 1 aliphatic rings. The van der Waals surface area contributed by atoms with E-state index in [1.807, 2.05) is 36.4 Å². The van der Waals surface area contributed by atoms with Gasteiger partial charge in [0.2, 0.25) is 5.56 Å². The van der Waals surface area contributed by atoms with Crippen molar-refractivity contribution in [1.29, 1.82) is 0 Å². The molecule has 0 radical (unpaired) electrons. The van der Waals surface area contributed by atoms with E-state index in [1.54, 1.807) is 17.7 Å². The minimum absolute atomic E-state index is 0.0600. The predicted octanol–water partition coefficient (Wildman–Crippen LogP) is 2.43. The summed E-state index contributed by atoms with van der Waals surface area (Å²) < 4.78 is 9.14. The van der Waals surface area contributed by atoms with E-state index in [0.29, 0.717) is 29.8 Å². The molecule has 9 heteroatoms. The van der Waals surface area contributed by atoms with Crippen molar-refractivity contribution in [2.45, 2.75) is 33.2 Å². The maximum atomic E-state index is 13.5. The first-order valence-electron chi connectivity index (χ1n) is 12.3. The van der Waals surface area contributed by atoms with Crippen LogP contribution in [0.3, 0.4) is 0 Å². The number of hydrogen-bond acceptors (Lipinski definition) is 6. The zero-order valence-electron chi connectivity index (χ0n) is 20.6. The normalized spacial score (nSPS) is 14.8. The fourth-order valence-corrected chi connectivity index (χ4v) is 5.18. The molecule has 0 aliphatic carbocycles. The maximum absolute atomic E-state index is 13.5. The van der Waals surface area contributed by atoms with Crippen molar-refractivity contribution >= 4 is 22.4 Å². The number of nitrogens with one attached hydrogen (secondary N) is 1. The van der Waals surface area contributed by atoms with Gasteiger partial charge in [0, 0.05) is 45.2 Å². The highest BCUT2D eigenvalue weighted by Crippen LogP contribution is 2.28. The average molecular weight is 477 g/mol. The fraction of sp³-hybridized carbons (Fsp3) is 0.423. The van der Waals surface area contributed by atoms with Crippen LogP contribution in [0.15, 0.2) is 46.0 Å². The van der Waals surface area contributed by atoms with Gasteiger partial charge in [-0.2, -0.15) is 0 Å². The van der Waals surface area contributed by atoms with Gasteiger partial charge in [-0.25, -0.2) is 4.98 Å². The number of benzene rings is 1. The molecule has 0 spiro atoms. The summed E-state index contributed by atoms with van der Waals surface area (Å²) in [6.45, 7) is 9.13. The Morgan fingerprint density at radius 3 is 2.54 bits per heavy atom. The van der Waals surface area contributed by atoms with Crippen molar-refractivity contribution in [2.24, 2.45) is 0 Å². The standard InChI is InChI=1S/C26H32N6O3/c1-4-22-27-18(2)24-26(34)31(20-10-11-23(33)28-25(20)32(22)24)13-7-12-29-14-16-30(17-15-29)19-8-5-6-9-21(19)35-3/h5-6,8-11H,4,7,12-17H2,1-3H3,(H,28,33). The van der Waals surface area contributed by atoms with E-state index in [0.717, 1.165) is 61.9 Å². The molecule has 1 aromatic carbocycles. The third-order valence-electron chi connectivity index (χ3n) is 6.93. The first-order chi connectivity index (χ1) is 17.0. The average Bonchev–Trinajstić information content (AvgIpc) is 3.23. The Morgan fingerprint density at radius 1 is 1.03 bits per heavy atom. The minimum Gasteiger partial charge on any atom is -0.495 e. The number of hydrogen-bond donors (Lipinski definition) is 1. The van der Waals surface area contributed by atoms with Gasteiger partial charge in [-0.15, -0.1) is 0 Å². The number of imidazole rings is 1. The molecule has 1 aliphatic heterocycles. The van der Waals surface area contributed by atoms with Crippen LogP contribution in [0.1, 0.15) is 24.9 Å². The van der Waals surface area contributed by atoms with Crippen molar-refractivity contribution in [3.63, 3.8) is 0 Å². The van der Waals surface area contributed by atoms with Gasteiger partial charge in [0.25, 0.3) is 5.56 Å². The van der Waals surface area contributed by atoms with Gasteiger partial charge >= 0.3 is 0 Å². The van der Waals surface area contributed by atoms with Crippen molar-refractivity contribution in [3.8, 4) is 5.75 Å². The van der Waals surface area contributed by atoms with Crippen molar-refractivity contribution in [3.05, 3.63) is 68.6 Å². The molecule has 0 saturated carbocycles. The first-order valence-corrected chi connectivity index (χ1v) is 12.3. The zero-order valence-corrected chi connectivity index (χ0v) is 20.6. The van der Waals surface area contributed by atoms with Crippen molar-refractivity contribution < 1.29 is 4.74 Å². The fourth-order valence-electron chi connectivity index (χ4n) is 5.18. The summed E-state index contributed by atoms with van der Waals surface area (Å²) in [7, 11) is 1.71. The summed E-state index contributed by atoms with van der Waals surface area (Å²) in [6, 6.07) is 11.4. The minimum atomic E-state index is -0.190. The molecular formula is C26H32N6O3. The number of aromatic nitrogens is 4. The Balaban J connectivity index is 1.33. The predicted molar refractivity (Wildman–Crippen MR) is 138 cm³/mol. The smallest absolute Gasteiger partial charge is 0.277 e. The Hall–Kier alpha value is -3.59. The van der Waals surface area contributed by atoms with E-state index in [9.17, 15) is 9.59 Å². The molecule has 4 heterocycles. The largest absolute Gasteiger partial charge is 0.495 e. The van der Waals surface area contributed by atoms with Crippen LogP contribution in [-0.2, 0) is 13.0 Å². The van der Waals surface area contributed by atoms with E-state index in [2.05, 4.69) is 25.8 Å². The second-order valence-corrected chi connectivity index (χ2v) is 9.02. The molecule has 1 N–H and O–H groups in total. The number of fused-ring (bicyclic) bond motifs is 3. The summed E-state index contributed by atoms with van der Waals surface area (Å²) in [5, 5.41) is 0. The second-order valence-electron chi connectivity index (χ2n) is 9.02. The van der Waals surface area contributed by atoms with E-state index in [4.69, 9.17) is 4.74 Å². The van der Waals surface area contributed by atoms with Crippen LogP contribution in [0.2, 0.25) is 0 Å². The first kappa shape index (κ1) is 23.2. The van der Waals surface area contributed by atoms with E-state index in [-0.39, 0.29) is 11.1 Å². The highest BCUT2D eigenvalue weighted by molar-refractivity contribution is 5.76. The molecule has 184 valence electrons. The number of aryl methyl sites for hydroxylation is 3. The van der Waals surface area contributed by atoms with E-state index < -0.39 is 0 Å². The molecule has 4 aromatic rings. The number of H-pyrrole nitrogens is 1. The summed E-state index contributed by atoms with van der Waals surface area (Å²) in [5.41, 5.74) is 3.49. The van der Waals surface area contributed by atoms with Crippen LogP contribution in [0.5, 0.6) is 5.75 Å². The number of pyridine rings is 1. The highest BCUT2D eigenvalue weighted by Gasteiger charge is 2.21. The van der Waals surface area contributed by atoms with Gasteiger partial charge in [0.1, 0.15) is 22.7 Å². The molecule has 3 aromatic heterocycles. The van der Waals surface area contributed by atoms with E-state index >= 15 is 0 Å². The molecular weight excluding hydrogens is 444 g/mol. The summed E-state index contributed by atoms with van der Waals surface area (Å²) in [4.78, 5) is 38.0. The van der Waals surface area contributed by atoms with Gasteiger partial charge < -0.3 is 19.2 Å². The molecule has 1 fully saturated rings. The number of anilines is 1. The summed E-state index contributed by atoms with van der Waals surface area (Å²) in [5.74, 6) is 1.68. The molecule has 9 nitrogen and oxygen atoms in total. The monoisotopic (exact) mass is 476 g/mol. The van der Waals surface area contributed by atoms with Crippen molar-refractivity contribution in [1.82, 2.24) is 23.8 Å². The summed E-state index contributed by atoms with van der Waals surface area (Å²) >= 11 is 0. The van der Waals surface area contributed by atoms with Gasteiger partial charge in [-0.05, 0) is 38.1 Å². The van der Waals surface area contributed by atoms with Gasteiger partial charge in [-0.1, -0.05) is 19.1 Å². The van der Waals surface area contributed by atoms with Gasteiger partial charge in [0.05, 0.1) is 24.0 Å². The third kappa shape index (κ3) is 4.20. The van der Waals surface area contributed by atoms with Crippen LogP contribution in [0, 0.1) is 6.92 Å². The molecule has 0 bridgehead atoms. The number of methoxy groups -OCH3 is 1. The summed E-state index contributed by atoms with van der Waals surface area (Å²) in [6.07, 6.45) is 1.51. The zero-order chi connectivity index (χ0) is 24.5. The molecule has 35 heavy (non-hydrogen) atoms.